The number of hydrogen-bond donors (Lipinski definition) is 0. The number of rotatable bonds is 9. The number of amides is 1. The highest BCUT2D eigenvalue weighted by Gasteiger charge is 2.25. The first-order valence-corrected chi connectivity index (χ1v) is 13.0. The molecule has 0 aliphatic carbocycles. The monoisotopic (exact) mass is 500 g/mol. The summed E-state index contributed by atoms with van der Waals surface area (Å²) in [5, 5.41) is 0. The van der Waals surface area contributed by atoms with Crippen LogP contribution in [-0.4, -0.2) is 50.1 Å². The molecule has 0 spiro atoms. The molecule has 3 aromatic rings. The molecule has 1 aliphatic heterocycles. The molecule has 6 heteroatoms. The Morgan fingerprint density at radius 2 is 1.59 bits per heavy atom. The normalized spacial score (nSPS) is 13.4. The Bertz CT molecular complexity index is 1210. The zero-order valence-electron chi connectivity index (χ0n) is 22.0. The highest BCUT2D eigenvalue weighted by Crippen LogP contribution is 2.28. The van der Waals surface area contributed by atoms with Crippen molar-refractivity contribution < 1.29 is 19.1 Å². The van der Waals surface area contributed by atoms with Crippen molar-refractivity contribution in [3.05, 3.63) is 89.0 Å². The molecular weight excluding hydrogens is 464 g/mol. The van der Waals surface area contributed by atoms with Gasteiger partial charge in [0, 0.05) is 31.7 Å². The quantitative estimate of drug-likeness (QED) is 0.289. The van der Waals surface area contributed by atoms with E-state index in [0.717, 1.165) is 54.9 Å². The average molecular weight is 501 g/mol. The Labute approximate surface area is 219 Å². The number of piperazine rings is 1. The zero-order valence-corrected chi connectivity index (χ0v) is 22.0. The molecule has 6 nitrogen and oxygen atoms in total. The molecule has 37 heavy (non-hydrogen) atoms. The maximum atomic E-state index is 13.4. The van der Waals surface area contributed by atoms with Gasteiger partial charge in [0.1, 0.15) is 11.5 Å². The molecule has 0 saturated carbocycles. The van der Waals surface area contributed by atoms with Crippen LogP contribution < -0.4 is 14.4 Å². The lowest BCUT2D eigenvalue weighted by atomic mass is 10.0. The fourth-order valence-corrected chi connectivity index (χ4v) is 4.66. The van der Waals surface area contributed by atoms with Crippen LogP contribution in [0.4, 0.5) is 5.69 Å². The van der Waals surface area contributed by atoms with Crippen molar-refractivity contribution in [1.82, 2.24) is 4.90 Å². The molecule has 0 radical (unpaired) electrons. The molecule has 0 unspecified atom stereocenters. The predicted octanol–water partition coefficient (Wildman–Crippen LogP) is 5.46. The van der Waals surface area contributed by atoms with Crippen LogP contribution in [-0.2, 0) is 17.6 Å². The molecule has 4 rings (SSSR count). The number of unbranched alkanes of at least 4 members (excludes halogenated alkanes) is 1. The van der Waals surface area contributed by atoms with Crippen LogP contribution in [0.5, 0.6) is 11.5 Å². The molecule has 1 heterocycles. The van der Waals surface area contributed by atoms with E-state index in [0.29, 0.717) is 24.4 Å². The lowest BCUT2D eigenvalue weighted by Gasteiger charge is -2.36. The minimum atomic E-state index is -0.339. The molecule has 1 saturated heterocycles. The van der Waals surface area contributed by atoms with Crippen molar-refractivity contribution in [3.8, 4) is 11.5 Å². The molecule has 0 N–H and O–H groups in total. The number of benzene rings is 3. The van der Waals surface area contributed by atoms with Gasteiger partial charge in [-0.2, -0.15) is 0 Å². The van der Waals surface area contributed by atoms with Crippen LogP contribution in [0.2, 0.25) is 0 Å². The van der Waals surface area contributed by atoms with Gasteiger partial charge in [-0.05, 0) is 66.8 Å². The van der Waals surface area contributed by atoms with Crippen LogP contribution in [0.1, 0.15) is 46.8 Å². The standard InChI is InChI=1S/C31H36N2O4/c1-4-5-8-24-13-15-26(16-14-24)37-30(34)22-25-12-11-23(2)27(21-25)31(35)33-19-17-32(18-20-33)28-9-6-7-10-29(28)36-3/h6-7,9-16,21H,4-5,8,17-20,22H2,1-3H3. The first-order valence-electron chi connectivity index (χ1n) is 13.0. The third-order valence-corrected chi connectivity index (χ3v) is 6.85. The molecule has 0 aromatic heterocycles. The number of carbonyl (C=O) groups excluding carboxylic acids is 2. The predicted molar refractivity (Wildman–Crippen MR) is 147 cm³/mol. The van der Waals surface area contributed by atoms with Gasteiger partial charge >= 0.3 is 5.97 Å². The Hall–Kier alpha value is -3.80. The first-order chi connectivity index (χ1) is 18.0. The van der Waals surface area contributed by atoms with E-state index in [2.05, 4.69) is 11.8 Å². The number of anilines is 1. The summed E-state index contributed by atoms with van der Waals surface area (Å²) >= 11 is 0. The summed E-state index contributed by atoms with van der Waals surface area (Å²) in [4.78, 5) is 30.1. The van der Waals surface area contributed by atoms with Gasteiger partial charge in [-0.1, -0.05) is 49.7 Å². The van der Waals surface area contributed by atoms with Gasteiger partial charge < -0.3 is 19.3 Å². The van der Waals surface area contributed by atoms with E-state index in [9.17, 15) is 9.59 Å². The number of ether oxygens (including phenoxy) is 2. The minimum absolute atomic E-state index is 0.00457. The number of carbonyl (C=O) groups is 2. The number of para-hydroxylation sites is 2. The fourth-order valence-electron chi connectivity index (χ4n) is 4.66. The number of esters is 1. The van der Waals surface area contributed by atoms with E-state index in [1.807, 2.05) is 78.6 Å². The van der Waals surface area contributed by atoms with E-state index >= 15 is 0 Å². The summed E-state index contributed by atoms with van der Waals surface area (Å²) in [5.41, 5.74) is 4.59. The topological polar surface area (TPSA) is 59.1 Å². The van der Waals surface area contributed by atoms with Crippen LogP contribution in [0.15, 0.2) is 66.7 Å². The molecule has 3 aromatic carbocycles. The van der Waals surface area contributed by atoms with Gasteiger partial charge in [-0.3, -0.25) is 9.59 Å². The molecule has 194 valence electrons. The molecule has 1 aliphatic rings. The molecule has 0 atom stereocenters. The van der Waals surface area contributed by atoms with Crippen LogP contribution in [0, 0.1) is 6.92 Å². The van der Waals surface area contributed by atoms with Crippen LogP contribution >= 0.6 is 0 Å². The molecular formula is C31H36N2O4. The Kier molecular flexibility index (Phi) is 8.83. The van der Waals surface area contributed by atoms with Crippen molar-refractivity contribution >= 4 is 17.6 Å². The van der Waals surface area contributed by atoms with E-state index in [1.54, 1.807) is 7.11 Å². The van der Waals surface area contributed by atoms with Gasteiger partial charge in [0.05, 0.1) is 19.2 Å². The molecule has 1 amide bonds. The van der Waals surface area contributed by atoms with Gasteiger partial charge in [-0.25, -0.2) is 0 Å². The summed E-state index contributed by atoms with van der Waals surface area (Å²) in [7, 11) is 1.67. The zero-order chi connectivity index (χ0) is 26.2. The lowest BCUT2D eigenvalue weighted by molar-refractivity contribution is -0.133. The lowest BCUT2D eigenvalue weighted by Crippen LogP contribution is -2.49. The summed E-state index contributed by atoms with van der Waals surface area (Å²) < 4.78 is 11.0. The van der Waals surface area contributed by atoms with E-state index in [-0.39, 0.29) is 18.3 Å². The van der Waals surface area contributed by atoms with Gasteiger partial charge in [-0.15, -0.1) is 0 Å². The smallest absolute Gasteiger partial charge is 0.315 e. The van der Waals surface area contributed by atoms with Crippen molar-refractivity contribution in [3.63, 3.8) is 0 Å². The number of methoxy groups -OCH3 is 1. The fraction of sp³-hybridized carbons (Fsp3) is 0.355. The van der Waals surface area contributed by atoms with E-state index in [1.165, 1.54) is 5.56 Å². The first kappa shape index (κ1) is 26.3. The number of hydrogen-bond acceptors (Lipinski definition) is 5. The Morgan fingerprint density at radius 1 is 0.892 bits per heavy atom. The van der Waals surface area contributed by atoms with Crippen molar-refractivity contribution in [1.29, 1.82) is 0 Å². The third kappa shape index (κ3) is 6.70. The largest absolute Gasteiger partial charge is 0.495 e. The van der Waals surface area contributed by atoms with E-state index < -0.39 is 0 Å². The van der Waals surface area contributed by atoms with Crippen molar-refractivity contribution in [2.75, 3.05) is 38.2 Å². The summed E-state index contributed by atoms with van der Waals surface area (Å²) in [6, 6.07) is 21.3. The van der Waals surface area contributed by atoms with Gasteiger partial charge in [0.15, 0.2) is 0 Å². The molecule has 0 bridgehead atoms. The Morgan fingerprint density at radius 3 is 2.30 bits per heavy atom. The Balaban J connectivity index is 1.36. The highest BCUT2D eigenvalue weighted by atomic mass is 16.5. The minimum Gasteiger partial charge on any atom is -0.495 e. The number of nitrogens with zero attached hydrogens (tertiary/aromatic N) is 2. The molecule has 1 fully saturated rings. The summed E-state index contributed by atoms with van der Waals surface area (Å²) in [5.74, 6) is 1.04. The number of aryl methyl sites for hydroxylation is 2. The summed E-state index contributed by atoms with van der Waals surface area (Å²) in [6.45, 7) is 6.81. The average Bonchev–Trinajstić information content (AvgIpc) is 2.93. The second-order valence-corrected chi connectivity index (χ2v) is 9.50. The maximum Gasteiger partial charge on any atom is 0.315 e. The maximum absolute atomic E-state index is 13.4. The highest BCUT2D eigenvalue weighted by molar-refractivity contribution is 5.96. The van der Waals surface area contributed by atoms with Crippen molar-refractivity contribution in [2.45, 2.75) is 39.5 Å². The SMILES string of the molecule is CCCCc1ccc(OC(=O)Cc2ccc(C)c(C(=O)N3CCN(c4ccccc4OC)CC3)c2)cc1. The van der Waals surface area contributed by atoms with Crippen molar-refractivity contribution in [2.24, 2.45) is 0 Å². The van der Waals surface area contributed by atoms with Gasteiger partial charge in [0.2, 0.25) is 0 Å². The third-order valence-electron chi connectivity index (χ3n) is 6.85. The van der Waals surface area contributed by atoms with E-state index in [4.69, 9.17) is 9.47 Å². The van der Waals surface area contributed by atoms with Crippen LogP contribution in [0.3, 0.4) is 0 Å². The van der Waals surface area contributed by atoms with Crippen LogP contribution in [0.25, 0.3) is 0 Å². The second kappa shape index (κ2) is 12.4. The summed E-state index contributed by atoms with van der Waals surface area (Å²) in [6.07, 6.45) is 3.43. The second-order valence-electron chi connectivity index (χ2n) is 9.50. The van der Waals surface area contributed by atoms with Gasteiger partial charge in [0.25, 0.3) is 5.91 Å².